The second kappa shape index (κ2) is 10.1. The first-order chi connectivity index (χ1) is 18.5. The maximum absolute atomic E-state index is 12.0. The molecule has 1 aliphatic carbocycles. The molecule has 1 saturated heterocycles. The predicted octanol–water partition coefficient (Wildman–Crippen LogP) is 4.49. The Morgan fingerprint density at radius 1 is 1.05 bits per heavy atom. The number of hydrogen-bond donors (Lipinski definition) is 2. The number of aromatic nitrogens is 4. The van der Waals surface area contributed by atoms with Crippen LogP contribution in [0.25, 0.3) is 10.9 Å². The van der Waals surface area contributed by atoms with E-state index in [0.29, 0.717) is 29.4 Å². The Morgan fingerprint density at radius 3 is 2.63 bits per heavy atom. The van der Waals surface area contributed by atoms with Crippen LogP contribution in [-0.2, 0) is 4.79 Å². The summed E-state index contributed by atoms with van der Waals surface area (Å²) in [5, 5.41) is 7.53. The molecular formula is C28H29N7O2S. The van der Waals surface area contributed by atoms with E-state index < -0.39 is 0 Å². The number of rotatable bonds is 8. The number of nitrogens with one attached hydrogen (secondary N) is 2. The summed E-state index contributed by atoms with van der Waals surface area (Å²) in [6.07, 6.45) is 7.03. The molecule has 2 atom stereocenters. The van der Waals surface area contributed by atoms with Crippen LogP contribution in [-0.4, -0.2) is 57.0 Å². The third kappa shape index (κ3) is 4.96. The van der Waals surface area contributed by atoms with Crippen LogP contribution in [0.5, 0.6) is 11.5 Å². The van der Waals surface area contributed by atoms with Crippen molar-refractivity contribution < 1.29 is 9.53 Å². The summed E-state index contributed by atoms with van der Waals surface area (Å²) in [5.41, 5.74) is 3.62. The topological polar surface area (TPSA) is 105 Å². The predicted molar refractivity (Wildman–Crippen MR) is 150 cm³/mol. The van der Waals surface area contributed by atoms with Crippen LogP contribution in [0.1, 0.15) is 11.3 Å². The minimum atomic E-state index is 0.127. The van der Waals surface area contributed by atoms with Gasteiger partial charge in [0.25, 0.3) is 0 Å². The van der Waals surface area contributed by atoms with Gasteiger partial charge in [0, 0.05) is 47.7 Å². The lowest BCUT2D eigenvalue weighted by atomic mass is 10.2. The van der Waals surface area contributed by atoms with Crippen molar-refractivity contribution in [2.75, 3.05) is 35.3 Å². The third-order valence-corrected chi connectivity index (χ3v) is 7.73. The van der Waals surface area contributed by atoms with Gasteiger partial charge < -0.3 is 20.3 Å². The van der Waals surface area contributed by atoms with Crippen molar-refractivity contribution >= 4 is 45.9 Å². The van der Waals surface area contributed by atoms with Crippen LogP contribution in [0.15, 0.2) is 55.1 Å². The second-order valence-electron chi connectivity index (χ2n) is 9.88. The summed E-state index contributed by atoms with van der Waals surface area (Å²) in [4.78, 5) is 32.2. The zero-order valence-corrected chi connectivity index (χ0v) is 22.3. The summed E-state index contributed by atoms with van der Waals surface area (Å²) in [6, 6.07) is 12.1. The number of fused-ring (bicyclic) bond motifs is 2. The summed E-state index contributed by atoms with van der Waals surface area (Å²) in [7, 11) is 0. The van der Waals surface area contributed by atoms with E-state index in [1.807, 2.05) is 50.4 Å². The number of thioether (sulfide) groups is 1. The van der Waals surface area contributed by atoms with Crippen LogP contribution in [0.3, 0.4) is 0 Å². The normalized spacial score (nSPS) is 19.8. The lowest BCUT2D eigenvalue weighted by Crippen LogP contribution is -2.35. The first-order valence-electron chi connectivity index (χ1n) is 12.6. The molecule has 0 bridgehead atoms. The number of anilines is 3. The number of carbonyl (C=O) groups excluding carboxylic acids is 1. The lowest BCUT2D eigenvalue weighted by molar-refractivity contribution is -0.118. The van der Waals surface area contributed by atoms with Crippen LogP contribution in [0.4, 0.5) is 17.3 Å². The SMILES string of the molecule is CSCC(=O)NC1C2CN(c3cc4c(Nc5ccc(Oc6ccc(C)nc6)c(C)c5)ncnc4cn3)CC21. The molecule has 9 nitrogen and oxygen atoms in total. The molecule has 10 heteroatoms. The van der Waals surface area contributed by atoms with Crippen molar-refractivity contribution in [3.63, 3.8) is 0 Å². The van der Waals surface area contributed by atoms with Crippen molar-refractivity contribution in [3.05, 3.63) is 66.4 Å². The van der Waals surface area contributed by atoms with Gasteiger partial charge in [0.2, 0.25) is 5.91 Å². The molecule has 2 N–H and O–H groups in total. The van der Waals surface area contributed by atoms with Crippen LogP contribution < -0.4 is 20.3 Å². The van der Waals surface area contributed by atoms with Crippen molar-refractivity contribution in [1.82, 2.24) is 25.3 Å². The Hall–Kier alpha value is -3.92. The van der Waals surface area contributed by atoms with Crippen molar-refractivity contribution in [1.29, 1.82) is 0 Å². The highest BCUT2D eigenvalue weighted by molar-refractivity contribution is 7.99. The monoisotopic (exact) mass is 527 g/mol. The van der Waals surface area contributed by atoms with Gasteiger partial charge in [0.05, 0.1) is 23.7 Å². The van der Waals surface area contributed by atoms with Gasteiger partial charge >= 0.3 is 0 Å². The van der Waals surface area contributed by atoms with Gasteiger partial charge in [-0.15, -0.1) is 0 Å². The molecule has 38 heavy (non-hydrogen) atoms. The van der Waals surface area contributed by atoms with E-state index >= 15 is 0 Å². The Morgan fingerprint density at radius 2 is 1.89 bits per heavy atom. The number of carbonyl (C=O) groups is 1. The molecule has 3 aromatic heterocycles. The second-order valence-corrected chi connectivity index (χ2v) is 10.7. The van der Waals surface area contributed by atoms with E-state index in [0.717, 1.165) is 58.3 Å². The molecule has 4 aromatic rings. The highest BCUT2D eigenvalue weighted by Gasteiger charge is 2.56. The smallest absolute Gasteiger partial charge is 0.230 e. The average molecular weight is 528 g/mol. The Balaban J connectivity index is 1.16. The minimum absolute atomic E-state index is 0.127. The number of ether oxygens (including phenoxy) is 1. The molecule has 2 aliphatic rings. The quantitative estimate of drug-likeness (QED) is 0.343. The molecule has 2 fully saturated rings. The fourth-order valence-electron chi connectivity index (χ4n) is 5.13. The summed E-state index contributed by atoms with van der Waals surface area (Å²) in [5.74, 6) is 4.72. The number of hydrogen-bond acceptors (Lipinski definition) is 9. The lowest BCUT2D eigenvalue weighted by Gasteiger charge is -2.22. The first kappa shape index (κ1) is 24.4. The molecular weight excluding hydrogens is 498 g/mol. The molecule has 6 rings (SSSR count). The number of amides is 1. The van der Waals surface area contributed by atoms with Gasteiger partial charge in [-0.05, 0) is 62.1 Å². The molecule has 194 valence electrons. The molecule has 1 saturated carbocycles. The molecule has 4 heterocycles. The van der Waals surface area contributed by atoms with E-state index in [-0.39, 0.29) is 5.91 Å². The maximum Gasteiger partial charge on any atom is 0.230 e. The number of pyridine rings is 2. The Kier molecular flexibility index (Phi) is 6.49. The van der Waals surface area contributed by atoms with E-state index in [1.165, 1.54) is 0 Å². The molecule has 0 spiro atoms. The number of nitrogens with zero attached hydrogens (tertiary/aromatic N) is 5. The van der Waals surface area contributed by atoms with Gasteiger partial charge in [-0.1, -0.05) is 0 Å². The first-order valence-corrected chi connectivity index (χ1v) is 14.0. The van der Waals surface area contributed by atoms with Crippen molar-refractivity contribution in [2.24, 2.45) is 11.8 Å². The van der Waals surface area contributed by atoms with E-state index in [9.17, 15) is 4.79 Å². The van der Waals surface area contributed by atoms with Crippen LogP contribution in [0, 0.1) is 25.7 Å². The summed E-state index contributed by atoms with van der Waals surface area (Å²) in [6.45, 7) is 5.74. The minimum Gasteiger partial charge on any atom is -0.455 e. The van der Waals surface area contributed by atoms with Crippen LogP contribution in [0.2, 0.25) is 0 Å². The number of benzene rings is 1. The van der Waals surface area contributed by atoms with Gasteiger partial charge in [0.1, 0.15) is 29.5 Å². The van der Waals surface area contributed by atoms with E-state index in [4.69, 9.17) is 4.74 Å². The fraction of sp³-hybridized carbons (Fsp3) is 0.321. The van der Waals surface area contributed by atoms with Gasteiger partial charge in [-0.25, -0.2) is 15.0 Å². The number of piperidine rings is 1. The van der Waals surface area contributed by atoms with Gasteiger partial charge in [-0.2, -0.15) is 11.8 Å². The highest BCUT2D eigenvalue weighted by Crippen LogP contribution is 2.46. The third-order valence-electron chi connectivity index (χ3n) is 7.18. The van der Waals surface area contributed by atoms with Crippen LogP contribution >= 0.6 is 11.8 Å². The zero-order chi connectivity index (χ0) is 26.2. The summed E-state index contributed by atoms with van der Waals surface area (Å²) < 4.78 is 6.01. The highest BCUT2D eigenvalue weighted by atomic mass is 32.2. The van der Waals surface area contributed by atoms with Crippen molar-refractivity contribution in [2.45, 2.75) is 19.9 Å². The number of aryl methyl sites for hydroxylation is 2. The fourth-order valence-corrected chi connectivity index (χ4v) is 5.47. The molecule has 2 unspecified atom stereocenters. The summed E-state index contributed by atoms with van der Waals surface area (Å²) >= 11 is 1.55. The largest absolute Gasteiger partial charge is 0.455 e. The maximum atomic E-state index is 12.0. The average Bonchev–Trinajstić information content (AvgIpc) is 3.33. The molecule has 1 aromatic carbocycles. The Bertz CT molecular complexity index is 1480. The standard InChI is InChI=1S/C28H29N7O2S/c1-16-8-18(5-7-24(16)37-19-6-4-17(2)29-10-19)33-28-20-9-25(30-11-23(20)31-15-32-28)35-12-21-22(13-35)27(21)34-26(36)14-38-3/h4-11,15,21-22,27H,12-14H2,1-3H3,(H,34,36)(H,31,32,33). The molecule has 0 radical (unpaired) electrons. The van der Waals surface area contributed by atoms with Gasteiger partial charge in [0.15, 0.2) is 0 Å². The zero-order valence-electron chi connectivity index (χ0n) is 21.5. The Labute approximate surface area is 225 Å². The molecule has 1 amide bonds. The molecule has 1 aliphatic heterocycles. The van der Waals surface area contributed by atoms with E-state index in [2.05, 4.69) is 41.5 Å². The van der Waals surface area contributed by atoms with Gasteiger partial charge in [-0.3, -0.25) is 9.78 Å². The van der Waals surface area contributed by atoms with E-state index in [1.54, 1.807) is 30.5 Å². The van der Waals surface area contributed by atoms with Crippen molar-refractivity contribution in [3.8, 4) is 11.5 Å².